The van der Waals surface area contributed by atoms with Crippen LogP contribution in [0.4, 0.5) is 0 Å². The average molecular weight is 199 g/mol. The number of amides is 1. The smallest absolute Gasteiger partial charge is 0.219 e. The summed E-state index contributed by atoms with van der Waals surface area (Å²) in [7, 11) is 2.10. The predicted molar refractivity (Wildman–Crippen MR) is 57.2 cm³/mol. The molecule has 0 unspecified atom stereocenters. The van der Waals surface area contributed by atoms with E-state index in [1.807, 2.05) is 4.90 Å². The maximum absolute atomic E-state index is 11.3. The van der Waals surface area contributed by atoms with Crippen LogP contribution < -0.4 is 5.32 Å². The second-order valence-electron chi connectivity index (χ2n) is 3.91. The first-order valence-corrected chi connectivity index (χ1v) is 5.35. The van der Waals surface area contributed by atoms with Crippen molar-refractivity contribution in [3.05, 3.63) is 0 Å². The molecular formula is C10H21N3O. The molecule has 0 radical (unpaired) electrons. The van der Waals surface area contributed by atoms with Gasteiger partial charge in [0, 0.05) is 39.6 Å². The molecule has 1 heterocycles. The third-order valence-corrected chi connectivity index (χ3v) is 2.65. The average Bonchev–Trinajstić information content (AvgIpc) is 2.15. The normalized spacial score (nSPS) is 22.0. The molecule has 0 saturated carbocycles. The molecule has 0 aliphatic carbocycles. The van der Waals surface area contributed by atoms with Gasteiger partial charge in [-0.3, -0.25) is 4.79 Å². The van der Waals surface area contributed by atoms with Crippen molar-refractivity contribution < 1.29 is 4.79 Å². The largest absolute Gasteiger partial charge is 0.342 e. The fourth-order valence-corrected chi connectivity index (χ4v) is 1.62. The number of rotatable bonds is 0. The van der Waals surface area contributed by atoms with Crippen molar-refractivity contribution in [2.45, 2.75) is 13.3 Å². The van der Waals surface area contributed by atoms with Crippen LogP contribution in [0.15, 0.2) is 0 Å². The molecule has 0 spiro atoms. The summed E-state index contributed by atoms with van der Waals surface area (Å²) in [5, 5.41) is 3.37. The van der Waals surface area contributed by atoms with Crippen LogP contribution in [-0.2, 0) is 4.79 Å². The molecule has 4 heteroatoms. The summed E-state index contributed by atoms with van der Waals surface area (Å²) in [5.41, 5.74) is 0. The van der Waals surface area contributed by atoms with Crippen LogP contribution in [-0.4, -0.2) is 62.0 Å². The van der Waals surface area contributed by atoms with Crippen LogP contribution in [0.1, 0.15) is 13.3 Å². The van der Waals surface area contributed by atoms with E-state index in [0.717, 1.165) is 45.7 Å². The molecule has 0 bridgehead atoms. The first-order valence-electron chi connectivity index (χ1n) is 5.35. The highest BCUT2D eigenvalue weighted by atomic mass is 16.2. The minimum absolute atomic E-state index is 0.193. The number of hydrogen-bond donors (Lipinski definition) is 1. The molecule has 1 N–H and O–H groups in total. The molecule has 82 valence electrons. The first kappa shape index (κ1) is 11.5. The summed E-state index contributed by atoms with van der Waals surface area (Å²) in [6.45, 7) is 7.50. The Morgan fingerprint density at radius 2 is 1.93 bits per heavy atom. The number of carbonyl (C=O) groups excluding carboxylic acids is 1. The van der Waals surface area contributed by atoms with Gasteiger partial charge in [-0.1, -0.05) is 0 Å². The molecule has 0 aromatic rings. The fraction of sp³-hybridized carbons (Fsp3) is 0.900. The Balaban J connectivity index is 2.40. The van der Waals surface area contributed by atoms with Gasteiger partial charge in [0.2, 0.25) is 5.91 Å². The topological polar surface area (TPSA) is 35.6 Å². The fourth-order valence-electron chi connectivity index (χ4n) is 1.62. The lowest BCUT2D eigenvalue weighted by atomic mass is 10.3. The highest BCUT2D eigenvalue weighted by molar-refractivity contribution is 5.73. The Labute approximate surface area is 86.2 Å². The molecule has 0 aromatic heterocycles. The van der Waals surface area contributed by atoms with E-state index in [9.17, 15) is 4.79 Å². The lowest BCUT2D eigenvalue weighted by Crippen LogP contribution is -2.41. The van der Waals surface area contributed by atoms with Gasteiger partial charge in [-0.15, -0.1) is 0 Å². The van der Waals surface area contributed by atoms with E-state index in [4.69, 9.17) is 0 Å². The standard InChI is InChI=1S/C10H21N3O/c1-10(14)13-6-3-4-11-5-7-12(2)8-9-13/h11H,3-9H2,1-2H3. The third-order valence-electron chi connectivity index (χ3n) is 2.65. The van der Waals surface area contributed by atoms with Crippen LogP contribution in [0.25, 0.3) is 0 Å². The van der Waals surface area contributed by atoms with Crippen molar-refractivity contribution in [2.75, 3.05) is 46.3 Å². The van der Waals surface area contributed by atoms with E-state index in [-0.39, 0.29) is 5.91 Å². The Hall–Kier alpha value is -0.610. The van der Waals surface area contributed by atoms with Crippen molar-refractivity contribution >= 4 is 5.91 Å². The van der Waals surface area contributed by atoms with E-state index in [2.05, 4.69) is 17.3 Å². The summed E-state index contributed by atoms with van der Waals surface area (Å²) < 4.78 is 0. The molecule has 0 aromatic carbocycles. The summed E-state index contributed by atoms with van der Waals surface area (Å²) >= 11 is 0. The maximum Gasteiger partial charge on any atom is 0.219 e. The van der Waals surface area contributed by atoms with Crippen LogP contribution in [0.5, 0.6) is 0 Å². The molecule has 0 atom stereocenters. The van der Waals surface area contributed by atoms with Gasteiger partial charge in [0.1, 0.15) is 0 Å². The number of hydrogen-bond acceptors (Lipinski definition) is 3. The minimum atomic E-state index is 0.193. The van der Waals surface area contributed by atoms with Gasteiger partial charge in [-0.2, -0.15) is 0 Å². The zero-order valence-corrected chi connectivity index (χ0v) is 9.25. The number of likely N-dealkylation sites (N-methyl/N-ethyl adjacent to an activating group) is 1. The van der Waals surface area contributed by atoms with Gasteiger partial charge in [0.25, 0.3) is 0 Å². The molecule has 4 nitrogen and oxygen atoms in total. The van der Waals surface area contributed by atoms with Crippen molar-refractivity contribution in [1.29, 1.82) is 0 Å². The number of nitrogens with zero attached hydrogens (tertiary/aromatic N) is 2. The Bertz CT molecular complexity index is 184. The lowest BCUT2D eigenvalue weighted by Gasteiger charge is -2.26. The molecule has 14 heavy (non-hydrogen) atoms. The van der Waals surface area contributed by atoms with E-state index in [0.29, 0.717) is 0 Å². The second-order valence-corrected chi connectivity index (χ2v) is 3.91. The third kappa shape index (κ3) is 4.07. The molecular weight excluding hydrogens is 178 g/mol. The molecule has 1 rings (SSSR count). The quantitative estimate of drug-likeness (QED) is 0.585. The summed E-state index contributed by atoms with van der Waals surface area (Å²) in [5.74, 6) is 0.193. The maximum atomic E-state index is 11.3. The zero-order valence-electron chi connectivity index (χ0n) is 9.25. The van der Waals surface area contributed by atoms with Crippen molar-refractivity contribution in [1.82, 2.24) is 15.1 Å². The van der Waals surface area contributed by atoms with Crippen LogP contribution in [0.3, 0.4) is 0 Å². The van der Waals surface area contributed by atoms with Gasteiger partial charge in [0.15, 0.2) is 0 Å². The van der Waals surface area contributed by atoms with Crippen molar-refractivity contribution in [3.63, 3.8) is 0 Å². The molecule has 1 fully saturated rings. The Morgan fingerprint density at radius 1 is 1.14 bits per heavy atom. The lowest BCUT2D eigenvalue weighted by molar-refractivity contribution is -0.129. The molecule has 1 aliphatic heterocycles. The van der Waals surface area contributed by atoms with Crippen LogP contribution >= 0.6 is 0 Å². The first-order chi connectivity index (χ1) is 6.70. The van der Waals surface area contributed by atoms with E-state index in [1.54, 1.807) is 6.92 Å². The predicted octanol–water partition coefficient (Wildman–Crippen LogP) is -0.240. The van der Waals surface area contributed by atoms with Gasteiger partial charge in [0.05, 0.1) is 0 Å². The second kappa shape index (κ2) is 5.98. The highest BCUT2D eigenvalue weighted by Gasteiger charge is 2.10. The van der Waals surface area contributed by atoms with Gasteiger partial charge in [-0.25, -0.2) is 0 Å². The summed E-state index contributed by atoms with van der Waals surface area (Å²) in [6.07, 6.45) is 1.06. The highest BCUT2D eigenvalue weighted by Crippen LogP contribution is 1.95. The number of nitrogens with one attached hydrogen (secondary N) is 1. The van der Waals surface area contributed by atoms with Crippen LogP contribution in [0.2, 0.25) is 0 Å². The summed E-state index contributed by atoms with van der Waals surface area (Å²) in [6, 6.07) is 0. The van der Waals surface area contributed by atoms with Crippen LogP contribution in [0, 0.1) is 0 Å². The van der Waals surface area contributed by atoms with Gasteiger partial charge < -0.3 is 15.1 Å². The van der Waals surface area contributed by atoms with Crippen molar-refractivity contribution in [3.8, 4) is 0 Å². The minimum Gasteiger partial charge on any atom is -0.342 e. The molecule has 1 amide bonds. The Kier molecular flexibility index (Phi) is 4.90. The van der Waals surface area contributed by atoms with E-state index >= 15 is 0 Å². The van der Waals surface area contributed by atoms with E-state index in [1.165, 1.54) is 0 Å². The monoisotopic (exact) mass is 199 g/mol. The zero-order chi connectivity index (χ0) is 10.4. The SMILES string of the molecule is CC(=O)N1CCCNCCN(C)CC1. The Morgan fingerprint density at radius 3 is 2.64 bits per heavy atom. The number of carbonyl (C=O) groups is 1. The van der Waals surface area contributed by atoms with Gasteiger partial charge >= 0.3 is 0 Å². The van der Waals surface area contributed by atoms with E-state index < -0.39 is 0 Å². The van der Waals surface area contributed by atoms with Gasteiger partial charge in [-0.05, 0) is 20.0 Å². The molecule has 1 saturated heterocycles. The summed E-state index contributed by atoms with van der Waals surface area (Å²) in [4.78, 5) is 15.4. The molecule has 1 aliphatic rings. The van der Waals surface area contributed by atoms with Crippen molar-refractivity contribution in [2.24, 2.45) is 0 Å².